The highest BCUT2D eigenvalue weighted by Gasteiger charge is 2.51. The molecular weight excluding hydrogens is 422 g/mol. The zero-order valence-electron chi connectivity index (χ0n) is 19.6. The number of hydrogen-bond acceptors (Lipinski definition) is 5. The van der Waals surface area contributed by atoms with Crippen molar-refractivity contribution in [3.8, 4) is 5.75 Å². The second-order valence-electron chi connectivity index (χ2n) is 10.1. The molecule has 4 bridgehead atoms. The van der Waals surface area contributed by atoms with Crippen molar-refractivity contribution in [1.82, 2.24) is 15.5 Å². The van der Waals surface area contributed by atoms with Crippen LogP contribution >= 0.6 is 0 Å². The highest BCUT2D eigenvalue weighted by atomic mass is 16.5. The van der Waals surface area contributed by atoms with Crippen molar-refractivity contribution >= 4 is 17.9 Å². The maximum atomic E-state index is 12.4. The largest absolute Gasteiger partial charge is 0.496 e. The van der Waals surface area contributed by atoms with E-state index >= 15 is 0 Å². The molecule has 33 heavy (non-hydrogen) atoms. The first-order valence-corrected chi connectivity index (χ1v) is 11.9. The fraction of sp³-hybridized carbons (Fsp3) is 0.640. The SMILES string of the molecule is COc1ccccc1CN(C)C(=O)COC(=O)CCNC(=O)NC12CC3CC(CC(C3)C1)C2. The lowest BCUT2D eigenvalue weighted by Crippen LogP contribution is -2.61. The number of likely N-dealkylation sites (N-methyl/N-ethyl adjacent to an activating group) is 1. The molecule has 3 amide bonds. The van der Waals surface area contributed by atoms with Crippen molar-refractivity contribution < 1.29 is 23.9 Å². The van der Waals surface area contributed by atoms with E-state index in [0.717, 1.165) is 42.6 Å². The highest BCUT2D eigenvalue weighted by Crippen LogP contribution is 2.55. The first-order valence-electron chi connectivity index (χ1n) is 11.9. The predicted molar refractivity (Wildman–Crippen MR) is 122 cm³/mol. The average molecular weight is 458 g/mol. The van der Waals surface area contributed by atoms with Gasteiger partial charge in [-0.15, -0.1) is 0 Å². The summed E-state index contributed by atoms with van der Waals surface area (Å²) in [5.41, 5.74) is 0.814. The zero-order valence-corrected chi connectivity index (χ0v) is 19.6. The van der Waals surface area contributed by atoms with Gasteiger partial charge in [-0.2, -0.15) is 0 Å². The van der Waals surface area contributed by atoms with E-state index < -0.39 is 5.97 Å². The van der Waals surface area contributed by atoms with Crippen LogP contribution in [0.3, 0.4) is 0 Å². The van der Waals surface area contributed by atoms with Gasteiger partial charge in [0.1, 0.15) is 5.75 Å². The number of rotatable bonds is 9. The Bertz CT molecular complexity index is 851. The first-order chi connectivity index (χ1) is 15.9. The monoisotopic (exact) mass is 457 g/mol. The first kappa shape index (κ1) is 23.4. The molecule has 0 aromatic heterocycles. The lowest BCUT2D eigenvalue weighted by molar-refractivity contribution is -0.151. The van der Waals surface area contributed by atoms with Gasteiger partial charge in [0.05, 0.1) is 13.5 Å². The van der Waals surface area contributed by atoms with Crippen LogP contribution in [-0.4, -0.2) is 55.7 Å². The van der Waals surface area contributed by atoms with Crippen LogP contribution in [-0.2, 0) is 20.9 Å². The number of ether oxygens (including phenoxy) is 2. The maximum Gasteiger partial charge on any atom is 0.315 e. The minimum absolute atomic E-state index is 0.0256. The van der Waals surface area contributed by atoms with E-state index in [0.29, 0.717) is 12.3 Å². The molecule has 4 saturated carbocycles. The molecule has 5 rings (SSSR count). The van der Waals surface area contributed by atoms with Gasteiger partial charge < -0.3 is 25.0 Å². The molecule has 0 atom stereocenters. The molecule has 4 aliphatic carbocycles. The molecule has 1 aromatic carbocycles. The summed E-state index contributed by atoms with van der Waals surface area (Å²) >= 11 is 0. The Morgan fingerprint density at radius 1 is 1.06 bits per heavy atom. The van der Waals surface area contributed by atoms with E-state index in [1.165, 1.54) is 24.2 Å². The van der Waals surface area contributed by atoms with E-state index in [4.69, 9.17) is 9.47 Å². The fourth-order valence-electron chi connectivity index (χ4n) is 6.33. The molecular formula is C25H35N3O5. The van der Waals surface area contributed by atoms with Crippen molar-refractivity contribution in [3.05, 3.63) is 29.8 Å². The smallest absolute Gasteiger partial charge is 0.315 e. The van der Waals surface area contributed by atoms with Crippen LogP contribution in [0.25, 0.3) is 0 Å². The minimum Gasteiger partial charge on any atom is -0.496 e. The van der Waals surface area contributed by atoms with Crippen molar-refractivity contribution in [1.29, 1.82) is 0 Å². The third-order valence-corrected chi connectivity index (χ3v) is 7.41. The lowest BCUT2D eigenvalue weighted by Gasteiger charge is -2.56. The Morgan fingerprint density at radius 3 is 2.33 bits per heavy atom. The van der Waals surface area contributed by atoms with Gasteiger partial charge in [-0.3, -0.25) is 9.59 Å². The quantitative estimate of drug-likeness (QED) is 0.556. The molecule has 2 N–H and O–H groups in total. The summed E-state index contributed by atoms with van der Waals surface area (Å²) in [5, 5.41) is 6.01. The molecule has 8 nitrogen and oxygen atoms in total. The number of hydrogen-bond donors (Lipinski definition) is 2. The van der Waals surface area contributed by atoms with E-state index in [-0.39, 0.29) is 37.0 Å². The number of carbonyl (C=O) groups is 3. The maximum absolute atomic E-state index is 12.4. The number of benzene rings is 1. The van der Waals surface area contributed by atoms with Gasteiger partial charge in [0.2, 0.25) is 0 Å². The molecule has 4 fully saturated rings. The van der Waals surface area contributed by atoms with E-state index in [1.807, 2.05) is 24.3 Å². The molecule has 0 radical (unpaired) electrons. The molecule has 0 spiro atoms. The van der Waals surface area contributed by atoms with E-state index in [2.05, 4.69) is 10.6 Å². The molecule has 8 heteroatoms. The number of nitrogens with one attached hydrogen (secondary N) is 2. The van der Waals surface area contributed by atoms with Crippen molar-refractivity contribution in [2.45, 2.75) is 57.0 Å². The van der Waals surface area contributed by atoms with Crippen molar-refractivity contribution in [2.75, 3.05) is 27.3 Å². The van der Waals surface area contributed by atoms with E-state index in [9.17, 15) is 14.4 Å². The summed E-state index contributed by atoms with van der Waals surface area (Å²) in [6.45, 7) is 0.207. The van der Waals surface area contributed by atoms with Crippen molar-refractivity contribution in [2.24, 2.45) is 17.8 Å². The molecule has 0 unspecified atom stereocenters. The number of methoxy groups -OCH3 is 1. The van der Waals surface area contributed by atoms with Crippen LogP contribution in [0.1, 0.15) is 50.5 Å². The summed E-state index contributed by atoms with van der Waals surface area (Å²) in [7, 11) is 3.23. The molecule has 4 aliphatic rings. The molecule has 1 aromatic rings. The summed E-state index contributed by atoms with van der Waals surface area (Å²) in [6, 6.07) is 7.25. The Morgan fingerprint density at radius 2 is 1.70 bits per heavy atom. The summed E-state index contributed by atoms with van der Waals surface area (Å²) in [6.07, 6.45) is 7.23. The highest BCUT2D eigenvalue weighted by molar-refractivity contribution is 5.81. The minimum atomic E-state index is -0.510. The fourth-order valence-corrected chi connectivity index (χ4v) is 6.33. The van der Waals surface area contributed by atoms with Gasteiger partial charge in [0.25, 0.3) is 5.91 Å². The van der Waals surface area contributed by atoms with Gasteiger partial charge in [-0.05, 0) is 62.3 Å². The van der Waals surface area contributed by atoms with Gasteiger partial charge in [-0.1, -0.05) is 18.2 Å². The van der Waals surface area contributed by atoms with Crippen LogP contribution in [0.5, 0.6) is 5.75 Å². The Hall–Kier alpha value is -2.77. The van der Waals surface area contributed by atoms with Crippen LogP contribution < -0.4 is 15.4 Å². The Balaban J connectivity index is 1.13. The summed E-state index contributed by atoms with van der Waals surface area (Å²) < 4.78 is 10.4. The topological polar surface area (TPSA) is 97.0 Å². The number of amides is 3. The van der Waals surface area contributed by atoms with Crippen molar-refractivity contribution in [3.63, 3.8) is 0 Å². The second-order valence-corrected chi connectivity index (χ2v) is 10.1. The second kappa shape index (κ2) is 10.0. The number of nitrogens with zero attached hydrogens (tertiary/aromatic N) is 1. The summed E-state index contributed by atoms with van der Waals surface area (Å²) in [4.78, 5) is 38.3. The number of esters is 1. The van der Waals surface area contributed by atoms with Gasteiger partial charge in [-0.25, -0.2) is 4.79 Å². The lowest BCUT2D eigenvalue weighted by atomic mass is 9.53. The Kier molecular flexibility index (Phi) is 7.10. The van der Waals surface area contributed by atoms with Crippen LogP contribution in [0, 0.1) is 17.8 Å². The molecule has 180 valence electrons. The number of carbonyl (C=O) groups excluding carboxylic acids is 3. The van der Waals surface area contributed by atoms with Crippen LogP contribution in [0.4, 0.5) is 4.79 Å². The van der Waals surface area contributed by atoms with Gasteiger partial charge >= 0.3 is 12.0 Å². The van der Waals surface area contributed by atoms with Crippen LogP contribution in [0.15, 0.2) is 24.3 Å². The normalized spacial score (nSPS) is 27.0. The average Bonchev–Trinajstić information content (AvgIpc) is 2.76. The third kappa shape index (κ3) is 5.78. The van der Waals surface area contributed by atoms with Gasteiger partial charge in [0.15, 0.2) is 6.61 Å². The zero-order chi connectivity index (χ0) is 23.4. The molecule has 0 saturated heterocycles. The van der Waals surface area contributed by atoms with Crippen LogP contribution in [0.2, 0.25) is 0 Å². The van der Waals surface area contributed by atoms with E-state index in [1.54, 1.807) is 14.2 Å². The Labute approximate surface area is 195 Å². The molecule has 0 aliphatic heterocycles. The van der Waals surface area contributed by atoms with Gasteiger partial charge in [0, 0.05) is 31.2 Å². The number of para-hydroxylation sites is 1. The predicted octanol–water partition coefficient (Wildman–Crippen LogP) is 2.85. The third-order valence-electron chi connectivity index (χ3n) is 7.41. The molecule has 0 heterocycles. The standard InChI is InChI=1S/C25H35N3O5/c1-28(15-20-5-3-4-6-21(20)32-2)22(29)16-33-23(30)7-8-26-24(31)27-25-12-17-9-18(13-25)11-19(10-17)14-25/h3-6,17-19H,7-16H2,1-2H3,(H2,26,27,31). The number of urea groups is 1. The summed E-state index contributed by atoms with van der Waals surface area (Å²) in [5.74, 6) is 2.15.